The van der Waals surface area contributed by atoms with Crippen LogP contribution in [0, 0.1) is 6.92 Å². The number of methoxy groups -OCH3 is 1. The Kier molecular flexibility index (Phi) is 4.95. The monoisotopic (exact) mass is 353 g/mol. The number of aryl methyl sites for hydroxylation is 1. The van der Waals surface area contributed by atoms with Gasteiger partial charge in [-0.2, -0.15) is 0 Å². The molecule has 3 rings (SSSR count). The molecule has 0 fully saturated rings. The quantitative estimate of drug-likeness (QED) is 0.696. The van der Waals surface area contributed by atoms with Gasteiger partial charge in [-0.15, -0.1) is 10.2 Å². The molecule has 5 nitrogen and oxygen atoms in total. The topological polar surface area (TPSA) is 68.1 Å². The van der Waals surface area contributed by atoms with Crippen LogP contribution in [0.2, 0.25) is 5.02 Å². The molecule has 126 valence electrons. The molecule has 1 aromatic heterocycles. The lowest BCUT2D eigenvalue weighted by Gasteiger charge is -2.07. The molecule has 6 heteroatoms. The summed E-state index contributed by atoms with van der Waals surface area (Å²) in [5.74, 6) is 1.34. The van der Waals surface area contributed by atoms with Crippen LogP contribution in [-0.4, -0.2) is 27.4 Å². The Morgan fingerprint density at radius 3 is 2.36 bits per heavy atom. The maximum Gasteiger partial charge on any atom is 0.148 e. The number of aliphatic hydroxyl groups excluding tert-OH is 1. The van der Waals surface area contributed by atoms with E-state index >= 15 is 0 Å². The fourth-order valence-electron chi connectivity index (χ4n) is 2.31. The number of nitrogens with zero attached hydrogens (tertiary/aromatic N) is 3. The largest absolute Gasteiger partial charge is 0.507 e. The van der Waals surface area contributed by atoms with Crippen molar-refractivity contribution in [2.45, 2.75) is 6.92 Å². The number of benzene rings is 2. The Bertz CT molecular complexity index is 907. The highest BCUT2D eigenvalue weighted by Crippen LogP contribution is 2.25. The average molecular weight is 354 g/mol. The van der Waals surface area contributed by atoms with Crippen LogP contribution in [0.25, 0.3) is 23.1 Å². The first-order chi connectivity index (χ1) is 12.1. The average Bonchev–Trinajstić information content (AvgIpc) is 2.62. The van der Waals surface area contributed by atoms with Gasteiger partial charge in [-0.3, -0.25) is 0 Å². The first-order valence-electron chi connectivity index (χ1n) is 7.59. The minimum atomic E-state index is 0.0753. The van der Waals surface area contributed by atoms with Crippen molar-refractivity contribution in [1.29, 1.82) is 0 Å². The van der Waals surface area contributed by atoms with Crippen molar-refractivity contribution in [3.05, 3.63) is 70.6 Å². The van der Waals surface area contributed by atoms with Crippen molar-refractivity contribution < 1.29 is 9.84 Å². The molecule has 3 aromatic rings. The van der Waals surface area contributed by atoms with Gasteiger partial charge >= 0.3 is 0 Å². The molecular formula is C19H16ClN3O2. The third-order valence-corrected chi connectivity index (χ3v) is 3.85. The lowest BCUT2D eigenvalue weighted by molar-refractivity contribution is 0.415. The molecule has 0 atom stereocenters. The van der Waals surface area contributed by atoms with E-state index in [0.717, 1.165) is 11.3 Å². The highest BCUT2D eigenvalue weighted by molar-refractivity contribution is 6.30. The van der Waals surface area contributed by atoms with Gasteiger partial charge in [-0.25, -0.2) is 4.98 Å². The van der Waals surface area contributed by atoms with E-state index in [9.17, 15) is 5.11 Å². The van der Waals surface area contributed by atoms with Crippen LogP contribution in [0.3, 0.4) is 0 Å². The number of aromatic nitrogens is 3. The van der Waals surface area contributed by atoms with Gasteiger partial charge in [0.15, 0.2) is 0 Å². The summed E-state index contributed by atoms with van der Waals surface area (Å²) in [6.07, 6.45) is 1.57. The summed E-state index contributed by atoms with van der Waals surface area (Å²) in [4.78, 5) is 4.41. The smallest absolute Gasteiger partial charge is 0.148 e. The summed E-state index contributed by atoms with van der Waals surface area (Å²) >= 11 is 5.89. The van der Waals surface area contributed by atoms with Crippen LogP contribution in [0.4, 0.5) is 0 Å². The van der Waals surface area contributed by atoms with Gasteiger partial charge in [0.2, 0.25) is 0 Å². The molecule has 0 aliphatic rings. The SMILES string of the molecule is COc1ccc(-c2nnc(C)nc2/C=C(\O)c2ccc(Cl)cc2)cc1. The van der Waals surface area contributed by atoms with E-state index in [1.807, 2.05) is 24.3 Å². The second kappa shape index (κ2) is 7.32. The third-order valence-electron chi connectivity index (χ3n) is 3.60. The van der Waals surface area contributed by atoms with E-state index < -0.39 is 0 Å². The van der Waals surface area contributed by atoms with E-state index in [4.69, 9.17) is 16.3 Å². The number of rotatable bonds is 4. The zero-order valence-corrected chi connectivity index (χ0v) is 14.5. The molecule has 1 N–H and O–H groups in total. The van der Waals surface area contributed by atoms with Crippen LogP contribution in [-0.2, 0) is 0 Å². The van der Waals surface area contributed by atoms with Crippen LogP contribution in [0.1, 0.15) is 17.1 Å². The van der Waals surface area contributed by atoms with E-state index in [2.05, 4.69) is 15.2 Å². The zero-order chi connectivity index (χ0) is 17.8. The van der Waals surface area contributed by atoms with E-state index in [0.29, 0.717) is 27.8 Å². The van der Waals surface area contributed by atoms with Crippen molar-refractivity contribution in [3.63, 3.8) is 0 Å². The molecule has 2 aromatic carbocycles. The highest BCUT2D eigenvalue weighted by Gasteiger charge is 2.11. The Morgan fingerprint density at radius 1 is 1.04 bits per heavy atom. The van der Waals surface area contributed by atoms with Crippen LogP contribution in [0.5, 0.6) is 5.75 Å². The maximum atomic E-state index is 10.4. The maximum absolute atomic E-state index is 10.4. The fraction of sp³-hybridized carbons (Fsp3) is 0.105. The number of halogens is 1. The highest BCUT2D eigenvalue weighted by atomic mass is 35.5. The molecule has 0 saturated heterocycles. The van der Waals surface area contributed by atoms with Crippen molar-refractivity contribution in [2.75, 3.05) is 7.11 Å². The molecule has 0 aliphatic carbocycles. The Balaban J connectivity index is 2.04. The molecule has 0 unspecified atom stereocenters. The van der Waals surface area contributed by atoms with Gasteiger partial charge in [0.25, 0.3) is 0 Å². The lowest BCUT2D eigenvalue weighted by atomic mass is 10.1. The summed E-state index contributed by atoms with van der Waals surface area (Å²) in [6, 6.07) is 14.3. The van der Waals surface area contributed by atoms with Gasteiger partial charge in [0.1, 0.15) is 23.0 Å². The fourth-order valence-corrected chi connectivity index (χ4v) is 2.44. The van der Waals surface area contributed by atoms with Gasteiger partial charge < -0.3 is 9.84 Å². The molecule has 0 amide bonds. The van der Waals surface area contributed by atoms with Crippen LogP contribution in [0.15, 0.2) is 48.5 Å². The van der Waals surface area contributed by atoms with Crippen LogP contribution < -0.4 is 4.74 Å². The number of hydrogen-bond donors (Lipinski definition) is 1. The molecule has 0 saturated carbocycles. The van der Waals surface area contributed by atoms with E-state index in [-0.39, 0.29) is 5.76 Å². The van der Waals surface area contributed by atoms with Crippen molar-refractivity contribution in [3.8, 4) is 17.0 Å². The Hall–Kier alpha value is -2.92. The summed E-state index contributed by atoms with van der Waals surface area (Å²) in [5.41, 5.74) is 2.58. The van der Waals surface area contributed by atoms with Crippen molar-refractivity contribution in [2.24, 2.45) is 0 Å². The zero-order valence-electron chi connectivity index (χ0n) is 13.8. The Morgan fingerprint density at radius 2 is 1.72 bits per heavy atom. The predicted molar refractivity (Wildman–Crippen MR) is 98.5 cm³/mol. The molecule has 0 aliphatic heterocycles. The molecule has 0 bridgehead atoms. The van der Waals surface area contributed by atoms with Gasteiger partial charge in [0.05, 0.1) is 12.8 Å². The summed E-state index contributed by atoms with van der Waals surface area (Å²) in [7, 11) is 1.61. The molecule has 0 spiro atoms. The lowest BCUT2D eigenvalue weighted by Crippen LogP contribution is -2.00. The first-order valence-corrected chi connectivity index (χ1v) is 7.97. The van der Waals surface area contributed by atoms with Crippen molar-refractivity contribution in [1.82, 2.24) is 15.2 Å². The third kappa shape index (κ3) is 3.95. The summed E-state index contributed by atoms with van der Waals surface area (Å²) < 4.78 is 5.17. The minimum absolute atomic E-state index is 0.0753. The van der Waals surface area contributed by atoms with Gasteiger partial charge in [-0.05, 0) is 55.5 Å². The predicted octanol–water partition coefficient (Wildman–Crippen LogP) is 4.57. The number of hydrogen-bond acceptors (Lipinski definition) is 5. The van der Waals surface area contributed by atoms with Gasteiger partial charge in [-0.1, -0.05) is 11.6 Å². The van der Waals surface area contributed by atoms with Crippen LogP contribution >= 0.6 is 11.6 Å². The molecule has 25 heavy (non-hydrogen) atoms. The summed E-state index contributed by atoms with van der Waals surface area (Å²) in [5, 5.41) is 19.3. The minimum Gasteiger partial charge on any atom is -0.507 e. The first kappa shape index (κ1) is 16.9. The summed E-state index contributed by atoms with van der Waals surface area (Å²) in [6.45, 7) is 1.75. The number of ether oxygens (including phenoxy) is 1. The van der Waals surface area contributed by atoms with Crippen molar-refractivity contribution >= 4 is 23.4 Å². The standard InChI is InChI=1S/C19H16ClN3O2/c1-12-21-17(11-18(24)13-3-7-15(20)8-4-13)19(23-22-12)14-5-9-16(25-2)10-6-14/h3-11,24H,1-2H3/b18-11-. The normalized spacial score (nSPS) is 11.4. The second-order valence-electron chi connectivity index (χ2n) is 5.36. The molecule has 0 radical (unpaired) electrons. The second-order valence-corrected chi connectivity index (χ2v) is 5.79. The molecular weight excluding hydrogens is 338 g/mol. The van der Waals surface area contributed by atoms with E-state index in [1.54, 1.807) is 44.4 Å². The van der Waals surface area contributed by atoms with E-state index in [1.165, 1.54) is 0 Å². The number of aliphatic hydroxyl groups is 1. The Labute approximate surface area is 150 Å². The molecule has 1 heterocycles. The van der Waals surface area contributed by atoms with Gasteiger partial charge in [0, 0.05) is 22.2 Å².